The summed E-state index contributed by atoms with van der Waals surface area (Å²) in [7, 11) is 3.95. The van der Waals surface area contributed by atoms with Crippen LogP contribution in [0.25, 0.3) is 0 Å². The Morgan fingerprint density at radius 1 is 0.614 bits per heavy atom. The molecule has 44 heavy (non-hydrogen) atoms. The Bertz CT molecular complexity index is 1040. The minimum atomic E-state index is -0.617. The number of hydrogen-bond acceptors (Lipinski definition) is 9. The van der Waals surface area contributed by atoms with Crippen LogP contribution in [0.2, 0.25) is 0 Å². The lowest BCUT2D eigenvalue weighted by Crippen LogP contribution is -2.35. The summed E-state index contributed by atoms with van der Waals surface area (Å²) in [6, 6.07) is 2.68. The Morgan fingerprint density at radius 2 is 1.00 bits per heavy atom. The predicted molar refractivity (Wildman–Crippen MR) is 167 cm³/mol. The van der Waals surface area contributed by atoms with Crippen LogP contribution in [-0.4, -0.2) is 104 Å². The molecule has 14 nitrogen and oxygen atoms in total. The van der Waals surface area contributed by atoms with E-state index < -0.39 is 41.1 Å². The second-order valence-electron chi connectivity index (χ2n) is 12.5. The van der Waals surface area contributed by atoms with Crippen molar-refractivity contribution < 1.29 is 33.4 Å². The predicted octanol–water partition coefficient (Wildman–Crippen LogP) is 2.44. The molecule has 5 amide bonds. The van der Waals surface area contributed by atoms with Gasteiger partial charge >= 0.3 is 12.2 Å². The van der Waals surface area contributed by atoms with Crippen molar-refractivity contribution in [1.29, 1.82) is 0 Å². The van der Waals surface area contributed by atoms with E-state index in [4.69, 9.17) is 9.47 Å². The first-order valence-electron chi connectivity index (χ1n) is 14.9. The van der Waals surface area contributed by atoms with Crippen molar-refractivity contribution in [2.45, 2.75) is 78.4 Å². The Kier molecular flexibility index (Phi) is 16.2. The molecule has 1 heterocycles. The van der Waals surface area contributed by atoms with Gasteiger partial charge in [-0.2, -0.15) is 0 Å². The van der Waals surface area contributed by atoms with Gasteiger partial charge in [0.05, 0.1) is 0 Å². The Hall–Kier alpha value is -3.94. The first-order valence-corrected chi connectivity index (χ1v) is 14.9. The van der Waals surface area contributed by atoms with Crippen molar-refractivity contribution >= 4 is 29.9 Å². The lowest BCUT2D eigenvalue weighted by atomic mass is 10.1. The van der Waals surface area contributed by atoms with E-state index in [1.807, 2.05) is 14.1 Å². The summed E-state index contributed by atoms with van der Waals surface area (Å²) in [5.74, 6) is -1.57. The standard InChI is InChI=1S/C30H51N7O7/c1-29(2,3)43-27(41)34-16-11-14-32-25(39)22-19-21(24(38)31-13-9-10-18-37(7)8)20-23(36-22)26(40)33-15-12-17-35-28(42)44-30(4,5)6/h19-20H,9-18H2,1-8H3,(H,31,38)(H,32,39)(H,33,40)(H,34,41)(H,35,42). The van der Waals surface area contributed by atoms with Gasteiger partial charge in [0.1, 0.15) is 22.6 Å². The minimum absolute atomic E-state index is 0.0953. The molecule has 5 N–H and O–H groups in total. The highest BCUT2D eigenvalue weighted by Crippen LogP contribution is 2.09. The normalized spacial score (nSPS) is 11.4. The number of pyridine rings is 1. The Morgan fingerprint density at radius 3 is 1.41 bits per heavy atom. The summed E-state index contributed by atoms with van der Waals surface area (Å²) in [6.45, 7) is 12.9. The monoisotopic (exact) mass is 621 g/mol. The van der Waals surface area contributed by atoms with E-state index in [1.54, 1.807) is 41.5 Å². The summed E-state index contributed by atoms with van der Waals surface area (Å²) in [4.78, 5) is 68.5. The molecule has 0 bridgehead atoms. The lowest BCUT2D eigenvalue weighted by molar-refractivity contribution is 0.0515. The van der Waals surface area contributed by atoms with Gasteiger partial charge in [0, 0.05) is 38.3 Å². The van der Waals surface area contributed by atoms with Crippen molar-refractivity contribution in [3.63, 3.8) is 0 Å². The second kappa shape index (κ2) is 18.7. The molecular weight excluding hydrogens is 570 g/mol. The van der Waals surface area contributed by atoms with Gasteiger partial charge in [0.25, 0.3) is 17.7 Å². The maximum atomic E-state index is 12.9. The maximum Gasteiger partial charge on any atom is 0.407 e. The van der Waals surface area contributed by atoms with E-state index in [-0.39, 0.29) is 43.1 Å². The van der Waals surface area contributed by atoms with Crippen molar-refractivity contribution in [1.82, 2.24) is 36.5 Å². The first kappa shape index (κ1) is 38.1. The molecule has 14 heteroatoms. The van der Waals surface area contributed by atoms with Crippen molar-refractivity contribution in [3.8, 4) is 0 Å². The average Bonchev–Trinajstić information content (AvgIpc) is 2.89. The molecule has 0 fully saturated rings. The number of ether oxygens (including phenoxy) is 2. The van der Waals surface area contributed by atoms with Gasteiger partial charge in [0.15, 0.2) is 0 Å². The van der Waals surface area contributed by atoms with Crippen LogP contribution in [0.1, 0.15) is 98.6 Å². The highest BCUT2D eigenvalue weighted by atomic mass is 16.6. The molecule has 1 aromatic rings. The number of amides is 5. The fraction of sp³-hybridized carbons (Fsp3) is 0.667. The van der Waals surface area contributed by atoms with E-state index in [9.17, 15) is 24.0 Å². The fourth-order valence-electron chi connectivity index (χ4n) is 3.52. The number of nitrogens with zero attached hydrogens (tertiary/aromatic N) is 2. The van der Waals surface area contributed by atoms with Gasteiger partial charge < -0.3 is 41.0 Å². The van der Waals surface area contributed by atoms with Crippen molar-refractivity contribution in [3.05, 3.63) is 29.1 Å². The van der Waals surface area contributed by atoms with Crippen molar-refractivity contribution in [2.75, 3.05) is 53.4 Å². The quantitative estimate of drug-likeness (QED) is 0.173. The smallest absolute Gasteiger partial charge is 0.407 e. The second-order valence-corrected chi connectivity index (χ2v) is 12.5. The molecule has 0 saturated heterocycles. The van der Waals surface area contributed by atoms with Crippen LogP contribution in [0.3, 0.4) is 0 Å². The molecule has 0 aliphatic heterocycles. The molecule has 0 aliphatic carbocycles. The lowest BCUT2D eigenvalue weighted by Gasteiger charge is -2.19. The number of carbonyl (C=O) groups is 5. The zero-order valence-corrected chi connectivity index (χ0v) is 27.5. The minimum Gasteiger partial charge on any atom is -0.444 e. The highest BCUT2D eigenvalue weighted by molar-refractivity contribution is 6.02. The summed E-state index contributed by atoms with van der Waals surface area (Å²) < 4.78 is 10.4. The average molecular weight is 622 g/mol. The molecule has 0 atom stereocenters. The highest BCUT2D eigenvalue weighted by Gasteiger charge is 2.19. The molecule has 0 aliphatic rings. The van der Waals surface area contributed by atoms with Crippen molar-refractivity contribution in [2.24, 2.45) is 0 Å². The van der Waals surface area contributed by atoms with E-state index in [0.29, 0.717) is 19.4 Å². The van der Waals surface area contributed by atoms with Gasteiger partial charge in [-0.3, -0.25) is 14.4 Å². The van der Waals surface area contributed by atoms with Crippen LogP contribution in [0.4, 0.5) is 9.59 Å². The van der Waals surface area contributed by atoms with Crippen LogP contribution in [0.5, 0.6) is 0 Å². The van der Waals surface area contributed by atoms with Gasteiger partial charge in [-0.05, 0) is 100.0 Å². The fourth-order valence-corrected chi connectivity index (χ4v) is 3.52. The number of rotatable bonds is 16. The van der Waals surface area contributed by atoms with Gasteiger partial charge in [-0.15, -0.1) is 0 Å². The zero-order valence-electron chi connectivity index (χ0n) is 27.5. The Labute approximate surface area is 260 Å². The van der Waals surface area contributed by atoms with E-state index in [2.05, 4.69) is 36.5 Å². The van der Waals surface area contributed by atoms with Gasteiger partial charge in [-0.1, -0.05) is 0 Å². The first-order chi connectivity index (χ1) is 20.5. The van der Waals surface area contributed by atoms with Crippen LogP contribution in [0, 0.1) is 0 Å². The van der Waals surface area contributed by atoms with Gasteiger partial charge in [-0.25, -0.2) is 14.6 Å². The summed E-state index contributed by atoms with van der Waals surface area (Å²) in [5.41, 5.74) is -1.30. The van der Waals surface area contributed by atoms with Crippen LogP contribution in [-0.2, 0) is 9.47 Å². The SMILES string of the molecule is CN(C)CCCCNC(=O)c1cc(C(=O)NCCCNC(=O)OC(C)(C)C)nc(C(=O)NCCCNC(=O)OC(C)(C)C)c1. The molecule has 1 rings (SSSR count). The number of alkyl carbamates (subject to hydrolysis) is 2. The maximum absolute atomic E-state index is 12.9. The summed E-state index contributed by atoms with van der Waals surface area (Å²) in [5, 5.41) is 13.4. The molecule has 248 valence electrons. The number of unbranched alkanes of at least 4 members (excludes halogenated alkanes) is 1. The van der Waals surface area contributed by atoms with Crippen LogP contribution < -0.4 is 26.6 Å². The third kappa shape index (κ3) is 17.9. The summed E-state index contributed by atoms with van der Waals surface area (Å²) >= 11 is 0. The molecular formula is C30H51N7O7. The molecule has 0 aromatic carbocycles. The third-order valence-electron chi connectivity index (χ3n) is 5.49. The largest absolute Gasteiger partial charge is 0.444 e. The van der Waals surface area contributed by atoms with Crippen LogP contribution >= 0.6 is 0 Å². The summed E-state index contributed by atoms with van der Waals surface area (Å²) in [6.07, 6.45) is 1.40. The number of nitrogens with one attached hydrogen (secondary N) is 5. The Balaban J connectivity index is 2.80. The van der Waals surface area contributed by atoms with E-state index >= 15 is 0 Å². The van der Waals surface area contributed by atoms with E-state index in [0.717, 1.165) is 19.4 Å². The van der Waals surface area contributed by atoms with E-state index in [1.165, 1.54) is 12.1 Å². The number of hydrogen-bond donors (Lipinski definition) is 5. The zero-order chi connectivity index (χ0) is 33.3. The topological polar surface area (TPSA) is 180 Å². The molecule has 0 spiro atoms. The number of carbonyl (C=O) groups excluding carboxylic acids is 5. The van der Waals surface area contributed by atoms with Crippen LogP contribution in [0.15, 0.2) is 12.1 Å². The number of aromatic nitrogens is 1. The molecule has 1 aromatic heterocycles. The molecule has 0 unspecified atom stereocenters. The molecule has 0 saturated carbocycles. The van der Waals surface area contributed by atoms with Gasteiger partial charge in [0.2, 0.25) is 0 Å². The molecule has 0 radical (unpaired) electrons. The third-order valence-corrected chi connectivity index (χ3v) is 5.49.